The first-order valence-electron chi connectivity index (χ1n) is 6.12. The van der Waals surface area contributed by atoms with E-state index >= 15 is 0 Å². The number of rotatable bonds is 5. The zero-order valence-corrected chi connectivity index (χ0v) is 13.4. The number of hydrogen-bond acceptors (Lipinski definition) is 4. The number of aliphatic carboxylic acids is 1. The molecule has 0 spiro atoms. The van der Waals surface area contributed by atoms with E-state index in [0.29, 0.717) is 11.3 Å². The predicted molar refractivity (Wildman–Crippen MR) is 78.5 cm³/mol. The first-order valence-corrected chi connectivity index (χ1v) is 8.39. The van der Waals surface area contributed by atoms with E-state index < -0.39 is 22.0 Å². The maximum absolute atomic E-state index is 12.3. The molecule has 9 heteroatoms. The largest absolute Gasteiger partial charge is 0.480 e. The molecule has 0 fully saturated rings. The minimum absolute atomic E-state index is 0.0857. The average molecular weight is 377 g/mol. The summed E-state index contributed by atoms with van der Waals surface area (Å²) in [6, 6.07) is 1.67. The molecule has 1 aromatic rings. The molecular weight excluding hydrogens is 364 g/mol. The Bertz CT molecular complexity index is 717. The van der Waals surface area contributed by atoms with Gasteiger partial charge in [0.15, 0.2) is 0 Å². The lowest BCUT2D eigenvalue weighted by Gasteiger charge is -2.14. The van der Waals surface area contributed by atoms with Crippen molar-refractivity contribution in [3.05, 3.63) is 22.2 Å². The third kappa shape index (κ3) is 3.25. The minimum Gasteiger partial charge on any atom is -0.480 e. The summed E-state index contributed by atoms with van der Waals surface area (Å²) in [5.74, 6) is -1.45. The van der Waals surface area contributed by atoms with Crippen LogP contribution in [0, 0.1) is 0 Å². The molecule has 1 atom stereocenters. The number of hydrogen-bond donors (Lipinski definition) is 3. The van der Waals surface area contributed by atoms with Crippen molar-refractivity contribution in [3.63, 3.8) is 0 Å². The summed E-state index contributed by atoms with van der Waals surface area (Å²) < 4.78 is 27.0. The van der Waals surface area contributed by atoms with E-state index in [0.717, 1.165) is 0 Å². The highest BCUT2D eigenvalue weighted by atomic mass is 79.9. The molecule has 0 radical (unpaired) electrons. The van der Waals surface area contributed by atoms with Gasteiger partial charge in [0, 0.05) is 10.2 Å². The van der Waals surface area contributed by atoms with Gasteiger partial charge in [-0.1, -0.05) is 6.92 Å². The second-order valence-corrected chi connectivity index (χ2v) is 7.12. The van der Waals surface area contributed by atoms with Gasteiger partial charge in [0.2, 0.25) is 15.9 Å². The van der Waals surface area contributed by atoms with Gasteiger partial charge in [-0.25, -0.2) is 8.42 Å². The summed E-state index contributed by atoms with van der Waals surface area (Å²) in [5.41, 5.74) is 1.11. The number of carboxylic acids is 1. The second kappa shape index (κ2) is 5.74. The Balaban J connectivity index is 2.39. The van der Waals surface area contributed by atoms with Crippen molar-refractivity contribution in [3.8, 4) is 0 Å². The smallest absolute Gasteiger partial charge is 0.321 e. The molecule has 7 nitrogen and oxygen atoms in total. The molecule has 3 N–H and O–H groups in total. The molecule has 2 rings (SSSR count). The minimum atomic E-state index is -4.00. The quantitative estimate of drug-likeness (QED) is 0.711. The molecule has 21 heavy (non-hydrogen) atoms. The van der Waals surface area contributed by atoms with Crippen molar-refractivity contribution >= 4 is 43.5 Å². The zero-order valence-electron chi connectivity index (χ0n) is 11.0. The number of amides is 1. The van der Waals surface area contributed by atoms with Crippen LogP contribution >= 0.6 is 15.9 Å². The molecule has 0 saturated carbocycles. The summed E-state index contributed by atoms with van der Waals surface area (Å²) in [4.78, 5) is 22.2. The Labute approximate surface area is 129 Å². The molecule has 1 aliphatic rings. The maximum atomic E-state index is 12.3. The van der Waals surface area contributed by atoms with E-state index in [4.69, 9.17) is 5.11 Å². The lowest BCUT2D eigenvalue weighted by Crippen LogP contribution is -2.40. The topological polar surface area (TPSA) is 113 Å². The summed E-state index contributed by atoms with van der Waals surface area (Å²) >= 11 is 3.14. The van der Waals surface area contributed by atoms with Crippen LogP contribution in [-0.2, 0) is 26.0 Å². The van der Waals surface area contributed by atoms with Crippen molar-refractivity contribution in [2.24, 2.45) is 0 Å². The number of nitrogens with one attached hydrogen (secondary N) is 2. The van der Waals surface area contributed by atoms with Gasteiger partial charge < -0.3 is 10.4 Å². The normalized spacial score (nSPS) is 15.4. The van der Waals surface area contributed by atoms with Crippen LogP contribution in [0.3, 0.4) is 0 Å². The fourth-order valence-corrected chi connectivity index (χ4v) is 4.36. The highest BCUT2D eigenvalue weighted by molar-refractivity contribution is 9.10. The third-order valence-corrected chi connectivity index (χ3v) is 5.51. The first kappa shape index (κ1) is 15.9. The van der Waals surface area contributed by atoms with Gasteiger partial charge in [-0.05, 0) is 40.0 Å². The van der Waals surface area contributed by atoms with Crippen molar-refractivity contribution in [2.45, 2.75) is 30.7 Å². The molecule has 1 aliphatic heterocycles. The summed E-state index contributed by atoms with van der Waals surface area (Å²) in [5, 5.41) is 11.6. The average Bonchev–Trinajstić information content (AvgIpc) is 2.73. The number of benzene rings is 1. The van der Waals surface area contributed by atoms with Crippen molar-refractivity contribution in [1.82, 2.24) is 4.72 Å². The van der Waals surface area contributed by atoms with Gasteiger partial charge in [-0.15, -0.1) is 0 Å². The number of carbonyl (C=O) groups excluding carboxylic acids is 1. The highest BCUT2D eigenvalue weighted by Crippen LogP contribution is 2.32. The van der Waals surface area contributed by atoms with Gasteiger partial charge in [-0.2, -0.15) is 4.72 Å². The Morgan fingerprint density at radius 3 is 2.76 bits per heavy atom. The van der Waals surface area contributed by atoms with E-state index in [9.17, 15) is 18.0 Å². The van der Waals surface area contributed by atoms with E-state index in [1.165, 1.54) is 12.1 Å². The molecule has 0 saturated heterocycles. The lowest BCUT2D eigenvalue weighted by molar-refractivity contribution is -0.139. The van der Waals surface area contributed by atoms with Crippen LogP contribution < -0.4 is 10.0 Å². The number of halogens is 1. The van der Waals surface area contributed by atoms with Gasteiger partial charge >= 0.3 is 5.97 Å². The Kier molecular flexibility index (Phi) is 4.35. The number of carboxylic acid groups (broad SMARTS) is 1. The monoisotopic (exact) mass is 376 g/mol. The van der Waals surface area contributed by atoms with E-state index in [2.05, 4.69) is 26.0 Å². The van der Waals surface area contributed by atoms with Crippen LogP contribution in [0.25, 0.3) is 0 Å². The first-order chi connectivity index (χ1) is 9.74. The van der Waals surface area contributed by atoms with E-state index in [1.807, 2.05) is 0 Å². The van der Waals surface area contributed by atoms with Crippen LogP contribution in [0.2, 0.25) is 0 Å². The molecule has 1 heterocycles. The van der Waals surface area contributed by atoms with Crippen LogP contribution in [-0.4, -0.2) is 31.4 Å². The lowest BCUT2D eigenvalue weighted by atomic mass is 10.2. The third-order valence-electron chi connectivity index (χ3n) is 3.08. The summed E-state index contributed by atoms with van der Waals surface area (Å²) in [6.07, 6.45) is 0.221. The fourth-order valence-electron chi connectivity index (χ4n) is 1.99. The molecular formula is C12H13BrN2O5S. The van der Waals surface area contributed by atoms with E-state index in [1.54, 1.807) is 6.92 Å². The predicted octanol–water partition coefficient (Wildman–Crippen LogP) is 1.09. The van der Waals surface area contributed by atoms with Crippen LogP contribution in [0.4, 0.5) is 5.69 Å². The van der Waals surface area contributed by atoms with Crippen molar-refractivity contribution < 1.29 is 23.1 Å². The Morgan fingerprint density at radius 2 is 2.19 bits per heavy atom. The second-order valence-electron chi connectivity index (χ2n) is 4.59. The number of carbonyl (C=O) groups is 2. The van der Waals surface area contributed by atoms with Crippen LogP contribution in [0.1, 0.15) is 18.9 Å². The summed E-state index contributed by atoms with van der Waals surface area (Å²) in [6.45, 7) is 1.57. The maximum Gasteiger partial charge on any atom is 0.321 e. The molecule has 0 bridgehead atoms. The van der Waals surface area contributed by atoms with Crippen molar-refractivity contribution in [2.75, 3.05) is 5.32 Å². The zero-order chi connectivity index (χ0) is 15.8. The Morgan fingerprint density at radius 1 is 1.52 bits per heavy atom. The standard InChI is InChI=1S/C12H13BrN2O5S/c1-2-8(12(17)18)15-21(19,20)10-3-6-4-11(16)14-9(6)5-7(10)13/h3,5,8,15H,2,4H2,1H3,(H,14,16)(H,17,18)/t8-/m1/s1. The van der Waals surface area contributed by atoms with Gasteiger partial charge in [0.25, 0.3) is 0 Å². The van der Waals surface area contributed by atoms with E-state index in [-0.39, 0.29) is 28.1 Å². The number of anilines is 1. The fraction of sp³-hybridized carbons (Fsp3) is 0.333. The van der Waals surface area contributed by atoms with Gasteiger partial charge in [0.05, 0.1) is 11.3 Å². The number of sulfonamides is 1. The molecule has 0 aromatic heterocycles. The highest BCUT2D eigenvalue weighted by Gasteiger charge is 2.28. The van der Waals surface area contributed by atoms with Crippen LogP contribution in [0.5, 0.6) is 0 Å². The molecule has 1 amide bonds. The molecule has 1 aromatic carbocycles. The van der Waals surface area contributed by atoms with Crippen LogP contribution in [0.15, 0.2) is 21.5 Å². The number of fused-ring (bicyclic) bond motifs is 1. The Hall–Kier alpha value is -1.45. The van der Waals surface area contributed by atoms with Crippen molar-refractivity contribution in [1.29, 1.82) is 0 Å². The SMILES string of the molecule is CC[C@@H](NS(=O)(=O)c1cc2c(cc1Br)NC(=O)C2)C(=O)O. The summed E-state index contributed by atoms with van der Waals surface area (Å²) in [7, 11) is -4.00. The van der Waals surface area contributed by atoms with Gasteiger partial charge in [0.1, 0.15) is 6.04 Å². The molecule has 114 valence electrons. The molecule has 0 aliphatic carbocycles. The molecule has 0 unspecified atom stereocenters. The van der Waals surface area contributed by atoms with Gasteiger partial charge in [-0.3, -0.25) is 9.59 Å².